The van der Waals surface area contributed by atoms with Gasteiger partial charge in [0, 0.05) is 12.0 Å². The molecule has 1 aromatic heterocycles. The number of ether oxygens (including phenoxy) is 3. The number of hydrogen-bond donors (Lipinski definition) is 1. The Labute approximate surface area is 270 Å². The summed E-state index contributed by atoms with van der Waals surface area (Å²) in [4.78, 5) is 34.0. The van der Waals surface area contributed by atoms with E-state index < -0.39 is 17.7 Å². The maximum Gasteiger partial charge on any atom is 0.301 e. The molecular weight excluding hydrogens is 600 g/mol. The molecule has 9 heteroatoms. The molecule has 0 radical (unpaired) electrons. The molecule has 2 aliphatic rings. The van der Waals surface area contributed by atoms with E-state index in [0.717, 1.165) is 38.2 Å². The zero-order valence-electron chi connectivity index (χ0n) is 25.9. The van der Waals surface area contributed by atoms with Crippen molar-refractivity contribution in [1.29, 1.82) is 0 Å². The van der Waals surface area contributed by atoms with Crippen LogP contribution >= 0.6 is 11.3 Å². The van der Waals surface area contributed by atoms with Crippen LogP contribution in [0, 0.1) is 13.8 Å². The van der Waals surface area contributed by atoms with E-state index in [9.17, 15) is 14.7 Å². The standard InChI is InChI=1S/C37H32N2O6S/c1-20-14-21(2)32-30(15-20)46-37(38-32)39-33(24-10-13-28(29(18-24)43-4)44-19-23-8-6-5-7-9-23)31(35(41)36(39)42)34(40)25-11-12-27-26(17-25)16-22(3)45-27/h5-15,17-18,22,33,40H,16,19H2,1-4H3/b34-31+. The van der Waals surface area contributed by atoms with Gasteiger partial charge in [-0.3, -0.25) is 14.5 Å². The van der Waals surface area contributed by atoms with Crippen molar-refractivity contribution in [3.05, 3.63) is 118 Å². The first-order valence-electron chi connectivity index (χ1n) is 15.0. The van der Waals surface area contributed by atoms with Crippen LogP contribution in [0.25, 0.3) is 16.0 Å². The van der Waals surface area contributed by atoms with Crippen LogP contribution in [0.5, 0.6) is 17.2 Å². The molecule has 2 atom stereocenters. The number of anilines is 1. The summed E-state index contributed by atoms with van der Waals surface area (Å²) in [6.45, 7) is 6.29. The van der Waals surface area contributed by atoms with Crippen LogP contribution in [-0.4, -0.2) is 35.0 Å². The van der Waals surface area contributed by atoms with Gasteiger partial charge in [-0.1, -0.05) is 53.8 Å². The van der Waals surface area contributed by atoms with Gasteiger partial charge in [0.2, 0.25) is 0 Å². The van der Waals surface area contributed by atoms with E-state index in [1.54, 1.807) is 30.3 Å². The van der Waals surface area contributed by atoms with Crippen molar-refractivity contribution < 1.29 is 28.9 Å². The minimum absolute atomic E-state index is 0.0131. The van der Waals surface area contributed by atoms with E-state index in [2.05, 4.69) is 0 Å². The number of amides is 1. The summed E-state index contributed by atoms with van der Waals surface area (Å²) < 4.78 is 18.6. The summed E-state index contributed by atoms with van der Waals surface area (Å²) in [6.07, 6.45) is 0.694. The lowest BCUT2D eigenvalue weighted by atomic mass is 9.94. The fourth-order valence-electron chi connectivity index (χ4n) is 6.24. The van der Waals surface area contributed by atoms with Crippen LogP contribution in [0.2, 0.25) is 0 Å². The molecule has 232 valence electrons. The Morgan fingerprint density at radius 1 is 1.02 bits per heavy atom. The zero-order valence-corrected chi connectivity index (χ0v) is 26.7. The van der Waals surface area contributed by atoms with Crippen LogP contribution in [0.3, 0.4) is 0 Å². The Morgan fingerprint density at radius 3 is 2.61 bits per heavy atom. The number of methoxy groups -OCH3 is 1. The molecule has 3 heterocycles. The van der Waals surface area contributed by atoms with Crippen molar-refractivity contribution in [1.82, 2.24) is 4.98 Å². The smallest absolute Gasteiger partial charge is 0.301 e. The fourth-order valence-corrected chi connectivity index (χ4v) is 7.41. The summed E-state index contributed by atoms with van der Waals surface area (Å²) in [5.74, 6) is -0.129. The number of fused-ring (bicyclic) bond motifs is 2. The molecule has 0 bridgehead atoms. The zero-order chi connectivity index (χ0) is 32.1. The van der Waals surface area contributed by atoms with Gasteiger partial charge in [-0.15, -0.1) is 0 Å². The third-order valence-corrected chi connectivity index (χ3v) is 9.38. The van der Waals surface area contributed by atoms with Crippen molar-refractivity contribution in [3.63, 3.8) is 0 Å². The largest absolute Gasteiger partial charge is 0.507 e. The highest BCUT2D eigenvalue weighted by atomic mass is 32.1. The molecule has 0 spiro atoms. The number of aryl methyl sites for hydroxylation is 2. The molecule has 8 nitrogen and oxygen atoms in total. The minimum atomic E-state index is -0.970. The van der Waals surface area contributed by atoms with Crippen LogP contribution in [-0.2, 0) is 22.6 Å². The van der Waals surface area contributed by atoms with Crippen molar-refractivity contribution >= 4 is 44.1 Å². The second-order valence-corrected chi connectivity index (χ2v) is 12.7. The summed E-state index contributed by atoms with van der Waals surface area (Å²) in [5, 5.41) is 12.1. The molecule has 0 aliphatic carbocycles. The van der Waals surface area contributed by atoms with Crippen LogP contribution in [0.15, 0.2) is 84.4 Å². The molecule has 1 fully saturated rings. The lowest BCUT2D eigenvalue weighted by molar-refractivity contribution is -0.132. The van der Waals surface area contributed by atoms with E-state index in [1.807, 2.05) is 69.3 Å². The Bertz CT molecular complexity index is 2050. The predicted molar refractivity (Wildman–Crippen MR) is 178 cm³/mol. The number of hydrogen-bond acceptors (Lipinski definition) is 8. The highest BCUT2D eigenvalue weighted by molar-refractivity contribution is 7.22. The van der Waals surface area contributed by atoms with E-state index in [1.165, 1.54) is 23.3 Å². The first kappa shape index (κ1) is 29.6. The number of thiazole rings is 1. The number of rotatable bonds is 7. The quantitative estimate of drug-likeness (QED) is 0.113. The lowest BCUT2D eigenvalue weighted by Gasteiger charge is -2.24. The Morgan fingerprint density at radius 2 is 1.83 bits per heavy atom. The molecule has 2 unspecified atom stereocenters. The second kappa shape index (κ2) is 11.7. The molecule has 0 saturated carbocycles. The van der Waals surface area contributed by atoms with Gasteiger partial charge in [0.05, 0.1) is 28.9 Å². The average molecular weight is 633 g/mol. The summed E-state index contributed by atoms with van der Waals surface area (Å²) in [5.41, 5.74) is 5.72. The SMILES string of the molecule is COc1cc(C2/C(=C(\O)c3ccc4c(c3)CC(C)O4)C(=O)C(=O)N2c2nc3c(C)cc(C)cc3s2)ccc1OCc1ccccc1. The van der Waals surface area contributed by atoms with E-state index in [0.29, 0.717) is 40.8 Å². The number of benzene rings is 4. The number of nitrogens with zero attached hydrogens (tertiary/aromatic N) is 2. The topological polar surface area (TPSA) is 98.2 Å². The van der Waals surface area contributed by atoms with Crippen LogP contribution < -0.4 is 19.1 Å². The van der Waals surface area contributed by atoms with Crippen molar-refractivity contribution in [2.75, 3.05) is 12.0 Å². The molecule has 1 saturated heterocycles. The van der Waals surface area contributed by atoms with Gasteiger partial charge in [0.25, 0.3) is 5.78 Å². The Hall–Kier alpha value is -5.15. The monoisotopic (exact) mass is 632 g/mol. The van der Waals surface area contributed by atoms with Gasteiger partial charge in [-0.2, -0.15) is 0 Å². The predicted octanol–water partition coefficient (Wildman–Crippen LogP) is 7.45. The van der Waals surface area contributed by atoms with Gasteiger partial charge in [0.1, 0.15) is 24.2 Å². The third kappa shape index (κ3) is 5.16. The fraction of sp³-hybridized carbons (Fsp3) is 0.216. The average Bonchev–Trinajstić information content (AvgIpc) is 3.72. The molecular formula is C37H32N2O6S. The highest BCUT2D eigenvalue weighted by Crippen LogP contribution is 2.46. The first-order chi connectivity index (χ1) is 22.2. The van der Waals surface area contributed by atoms with E-state index in [-0.39, 0.29) is 17.4 Å². The first-order valence-corrected chi connectivity index (χ1v) is 15.9. The van der Waals surface area contributed by atoms with Crippen molar-refractivity contribution in [3.8, 4) is 17.2 Å². The number of aliphatic hydroxyl groups excluding tert-OH is 1. The molecule has 4 aromatic carbocycles. The lowest BCUT2D eigenvalue weighted by Crippen LogP contribution is -2.29. The highest BCUT2D eigenvalue weighted by Gasteiger charge is 2.48. The number of aliphatic hydroxyl groups is 1. The van der Waals surface area contributed by atoms with Crippen LogP contribution in [0.1, 0.15) is 46.3 Å². The van der Waals surface area contributed by atoms with Crippen molar-refractivity contribution in [2.45, 2.75) is 45.9 Å². The minimum Gasteiger partial charge on any atom is -0.507 e. The van der Waals surface area contributed by atoms with Gasteiger partial charge in [-0.05, 0) is 85.0 Å². The normalized spacial score (nSPS) is 18.6. The molecule has 5 aromatic rings. The van der Waals surface area contributed by atoms with Gasteiger partial charge < -0.3 is 19.3 Å². The number of ketones is 1. The number of Topliss-reactive ketones (excluding diaryl/α,β-unsaturated/α-hetero) is 1. The Balaban J connectivity index is 1.36. The van der Waals surface area contributed by atoms with Gasteiger partial charge in [0.15, 0.2) is 16.6 Å². The molecule has 7 rings (SSSR count). The number of aromatic nitrogens is 1. The second-order valence-electron chi connectivity index (χ2n) is 11.7. The van der Waals surface area contributed by atoms with Crippen LogP contribution in [0.4, 0.5) is 5.13 Å². The van der Waals surface area contributed by atoms with Gasteiger partial charge in [-0.25, -0.2) is 4.98 Å². The van der Waals surface area contributed by atoms with Gasteiger partial charge >= 0.3 is 5.91 Å². The van der Waals surface area contributed by atoms with Crippen molar-refractivity contribution in [2.24, 2.45) is 0 Å². The molecule has 1 N–H and O–H groups in total. The maximum absolute atomic E-state index is 13.9. The van der Waals surface area contributed by atoms with E-state index >= 15 is 0 Å². The number of carbonyl (C=O) groups is 2. The molecule has 1 amide bonds. The summed E-state index contributed by atoms with van der Waals surface area (Å²) in [6, 6.07) is 23.5. The third-order valence-electron chi connectivity index (χ3n) is 8.38. The summed E-state index contributed by atoms with van der Waals surface area (Å²) >= 11 is 1.34. The Kier molecular flexibility index (Phi) is 7.49. The number of carbonyl (C=O) groups excluding carboxylic acids is 2. The van der Waals surface area contributed by atoms with E-state index in [4.69, 9.17) is 19.2 Å². The maximum atomic E-state index is 13.9. The summed E-state index contributed by atoms with van der Waals surface area (Å²) in [7, 11) is 1.54. The molecule has 2 aliphatic heterocycles. The molecule has 46 heavy (non-hydrogen) atoms.